The van der Waals surface area contributed by atoms with Crippen LogP contribution in [0.25, 0.3) is 11.1 Å². The summed E-state index contributed by atoms with van der Waals surface area (Å²) in [5.41, 5.74) is 5.94. The van der Waals surface area contributed by atoms with Crippen LogP contribution in [0.15, 0.2) is 102 Å². The summed E-state index contributed by atoms with van der Waals surface area (Å²) in [4.78, 5) is 21.4. The van der Waals surface area contributed by atoms with E-state index in [-0.39, 0.29) is 11.7 Å². The minimum Gasteiger partial charge on any atom is -0.335 e. The van der Waals surface area contributed by atoms with Crippen molar-refractivity contribution in [3.05, 3.63) is 108 Å². The number of hydrogen-bond acceptors (Lipinski definition) is 4. The van der Waals surface area contributed by atoms with Crippen molar-refractivity contribution >= 4 is 28.9 Å². The number of pyridine rings is 1. The monoisotopic (exact) mass is 420 g/mol. The van der Waals surface area contributed by atoms with Gasteiger partial charge in [0.05, 0.1) is 5.69 Å². The van der Waals surface area contributed by atoms with Crippen LogP contribution >= 0.6 is 0 Å². The third-order valence-electron chi connectivity index (χ3n) is 4.92. The first kappa shape index (κ1) is 21.0. The number of aryl methyl sites for hydroxylation is 2. The maximum atomic E-state index is 12.7. The minimum absolute atomic E-state index is 0.237. The first-order chi connectivity index (χ1) is 15.6. The van der Waals surface area contributed by atoms with Crippen molar-refractivity contribution in [1.82, 2.24) is 4.98 Å². The van der Waals surface area contributed by atoms with Crippen molar-refractivity contribution in [3.8, 4) is 11.1 Å². The Kier molecular flexibility index (Phi) is 6.37. The number of para-hydroxylation sites is 2. The number of rotatable bonds is 2. The lowest BCUT2D eigenvalue weighted by Crippen LogP contribution is -2.29. The number of carbonyl (C=O) groups is 1. The second-order valence-electron chi connectivity index (χ2n) is 7.48. The second kappa shape index (κ2) is 9.71. The smallest absolute Gasteiger partial charge is 0.292 e. The summed E-state index contributed by atoms with van der Waals surface area (Å²) in [7, 11) is 0. The fourth-order valence-corrected chi connectivity index (χ4v) is 3.32. The van der Waals surface area contributed by atoms with Crippen LogP contribution in [0.3, 0.4) is 0 Å². The zero-order valence-electron chi connectivity index (χ0n) is 18.0. The van der Waals surface area contributed by atoms with Crippen LogP contribution in [0.5, 0.6) is 0 Å². The Hall–Kier alpha value is -4.25. The zero-order valence-corrected chi connectivity index (χ0v) is 18.0. The van der Waals surface area contributed by atoms with Crippen molar-refractivity contribution in [2.24, 2.45) is 4.99 Å². The number of nitrogens with one attached hydrogen (secondary N) is 2. The molecule has 2 heterocycles. The number of nitrogens with zero attached hydrogens (tertiary/aromatic N) is 2. The number of aromatic nitrogens is 1. The van der Waals surface area contributed by atoms with Gasteiger partial charge in [0.1, 0.15) is 5.82 Å². The fourth-order valence-electron chi connectivity index (χ4n) is 3.32. The molecule has 0 bridgehead atoms. The average Bonchev–Trinajstić information content (AvgIpc) is 2.97. The van der Waals surface area contributed by atoms with Gasteiger partial charge in [0.25, 0.3) is 5.91 Å². The van der Waals surface area contributed by atoms with Gasteiger partial charge in [-0.15, -0.1) is 0 Å². The molecule has 1 amide bonds. The van der Waals surface area contributed by atoms with E-state index in [0.29, 0.717) is 5.82 Å². The Balaban J connectivity index is 0.000000300. The molecule has 2 N–H and O–H groups in total. The third kappa shape index (κ3) is 5.08. The highest BCUT2D eigenvalue weighted by Gasteiger charge is 2.20. The Labute approximate surface area is 187 Å². The maximum Gasteiger partial charge on any atom is 0.292 e. The van der Waals surface area contributed by atoms with Gasteiger partial charge in [0.2, 0.25) is 0 Å². The van der Waals surface area contributed by atoms with Crippen LogP contribution < -0.4 is 10.6 Å². The molecule has 0 aliphatic carbocycles. The highest BCUT2D eigenvalue weighted by molar-refractivity contribution is 6.47. The number of aliphatic imine (C=N–C) groups is 1. The van der Waals surface area contributed by atoms with Crippen molar-refractivity contribution in [2.75, 3.05) is 10.6 Å². The van der Waals surface area contributed by atoms with Gasteiger partial charge in [-0.2, -0.15) is 0 Å². The number of amidine groups is 1. The molecular formula is C27H24N4O. The van der Waals surface area contributed by atoms with Crippen LogP contribution in [0.2, 0.25) is 0 Å². The predicted octanol–water partition coefficient (Wildman–Crippen LogP) is 6.15. The molecule has 0 saturated heterocycles. The summed E-state index contributed by atoms with van der Waals surface area (Å²) in [6.07, 6.45) is 1.66. The molecule has 0 spiro atoms. The lowest BCUT2D eigenvalue weighted by molar-refractivity contribution is -0.110. The van der Waals surface area contributed by atoms with E-state index < -0.39 is 0 Å². The predicted molar refractivity (Wildman–Crippen MR) is 131 cm³/mol. The summed E-state index contributed by atoms with van der Waals surface area (Å²) in [6, 6.07) is 29.6. The quantitative estimate of drug-likeness (QED) is 0.409. The number of carbonyl (C=O) groups excluding carboxylic acids is 1. The first-order valence-corrected chi connectivity index (χ1v) is 10.4. The molecule has 0 radical (unpaired) electrons. The van der Waals surface area contributed by atoms with Gasteiger partial charge >= 0.3 is 0 Å². The summed E-state index contributed by atoms with van der Waals surface area (Å²) in [6.45, 7) is 4.03. The minimum atomic E-state index is -0.329. The standard InChI is InChI=1S/C20H16N4O.C7H8/c1-13-10-11-21-18(12-13)24-20(25)19-22-16-8-4-2-6-14(16)15-7-3-5-9-17(15)23-19;1-7-5-3-2-4-6-7/h2-12H,1H3,(H,22,23)(H,21,24,25);2-6H,1H3. The largest absolute Gasteiger partial charge is 0.335 e. The van der Waals surface area contributed by atoms with E-state index >= 15 is 0 Å². The molecule has 1 aromatic heterocycles. The molecule has 158 valence electrons. The highest BCUT2D eigenvalue weighted by atomic mass is 16.2. The van der Waals surface area contributed by atoms with E-state index in [1.807, 2.05) is 85.8 Å². The Bertz CT molecular complexity index is 1270. The third-order valence-corrected chi connectivity index (χ3v) is 4.92. The van der Waals surface area contributed by atoms with E-state index in [1.54, 1.807) is 6.20 Å². The summed E-state index contributed by atoms with van der Waals surface area (Å²) >= 11 is 0. The molecule has 0 fully saturated rings. The molecule has 5 rings (SSSR count). The van der Waals surface area contributed by atoms with E-state index in [4.69, 9.17) is 0 Å². The van der Waals surface area contributed by atoms with Gasteiger partial charge in [0.15, 0.2) is 5.84 Å². The molecule has 4 aromatic rings. The Morgan fingerprint density at radius 1 is 0.781 bits per heavy atom. The lowest BCUT2D eigenvalue weighted by atomic mass is 10.0. The van der Waals surface area contributed by atoms with Gasteiger partial charge in [-0.05, 0) is 43.7 Å². The summed E-state index contributed by atoms with van der Waals surface area (Å²) in [5.74, 6) is 0.408. The molecular weight excluding hydrogens is 396 g/mol. The van der Waals surface area contributed by atoms with Crippen molar-refractivity contribution in [3.63, 3.8) is 0 Å². The van der Waals surface area contributed by atoms with Crippen molar-refractivity contribution < 1.29 is 4.79 Å². The van der Waals surface area contributed by atoms with E-state index in [0.717, 1.165) is 28.1 Å². The van der Waals surface area contributed by atoms with Gasteiger partial charge in [-0.3, -0.25) is 4.79 Å². The molecule has 0 saturated carbocycles. The van der Waals surface area contributed by atoms with Crippen LogP contribution in [-0.4, -0.2) is 16.7 Å². The number of fused-ring (bicyclic) bond motifs is 3. The van der Waals surface area contributed by atoms with E-state index in [9.17, 15) is 4.79 Å². The molecule has 3 aromatic carbocycles. The molecule has 5 nitrogen and oxygen atoms in total. The van der Waals surface area contributed by atoms with Crippen LogP contribution in [0, 0.1) is 13.8 Å². The second-order valence-corrected chi connectivity index (χ2v) is 7.48. The Morgan fingerprint density at radius 3 is 2.19 bits per heavy atom. The SMILES string of the molecule is Cc1ccccc1.Cc1ccnc(NC(=O)C2=Nc3ccccc3-c3ccccc3N2)c1. The molecule has 5 heteroatoms. The topological polar surface area (TPSA) is 66.4 Å². The Morgan fingerprint density at radius 2 is 1.47 bits per heavy atom. The van der Waals surface area contributed by atoms with Gasteiger partial charge in [-0.25, -0.2) is 9.98 Å². The first-order valence-electron chi connectivity index (χ1n) is 10.4. The average molecular weight is 421 g/mol. The fraction of sp³-hybridized carbons (Fsp3) is 0.0741. The van der Waals surface area contributed by atoms with Gasteiger partial charge < -0.3 is 10.6 Å². The van der Waals surface area contributed by atoms with E-state index in [1.165, 1.54) is 5.56 Å². The van der Waals surface area contributed by atoms with E-state index in [2.05, 4.69) is 39.7 Å². The molecule has 1 aliphatic heterocycles. The molecule has 0 atom stereocenters. The molecule has 1 aliphatic rings. The van der Waals surface area contributed by atoms with Crippen LogP contribution in [0.1, 0.15) is 11.1 Å². The lowest BCUT2D eigenvalue weighted by Gasteiger charge is -2.10. The molecule has 32 heavy (non-hydrogen) atoms. The van der Waals surface area contributed by atoms with Gasteiger partial charge in [-0.1, -0.05) is 72.3 Å². The van der Waals surface area contributed by atoms with Crippen LogP contribution in [-0.2, 0) is 4.79 Å². The number of hydrogen-bond donors (Lipinski definition) is 2. The summed E-state index contributed by atoms with van der Waals surface area (Å²) < 4.78 is 0. The normalized spacial score (nSPS) is 11.4. The number of amides is 1. The number of anilines is 2. The molecule has 0 unspecified atom stereocenters. The van der Waals surface area contributed by atoms with Crippen molar-refractivity contribution in [2.45, 2.75) is 13.8 Å². The van der Waals surface area contributed by atoms with Gasteiger partial charge in [0, 0.05) is 23.0 Å². The zero-order chi connectivity index (χ0) is 22.3. The number of benzene rings is 3. The maximum absolute atomic E-state index is 12.7. The highest BCUT2D eigenvalue weighted by Crippen LogP contribution is 2.37. The summed E-state index contributed by atoms with van der Waals surface area (Å²) in [5, 5.41) is 5.95. The van der Waals surface area contributed by atoms with Crippen molar-refractivity contribution in [1.29, 1.82) is 0 Å². The van der Waals surface area contributed by atoms with Crippen LogP contribution in [0.4, 0.5) is 17.2 Å².